The van der Waals surface area contributed by atoms with Gasteiger partial charge >= 0.3 is 12.3 Å². The van der Waals surface area contributed by atoms with Gasteiger partial charge in [-0.3, -0.25) is 4.72 Å². The lowest BCUT2D eigenvalue weighted by molar-refractivity contribution is -0.137. The maximum Gasteiger partial charge on any atom is 0.418 e. The van der Waals surface area contributed by atoms with Crippen molar-refractivity contribution in [2.24, 2.45) is 0 Å². The van der Waals surface area contributed by atoms with Crippen LogP contribution < -0.4 is 10.0 Å². The van der Waals surface area contributed by atoms with Crippen LogP contribution in [0.25, 0.3) is 11.3 Å². The van der Waals surface area contributed by atoms with E-state index in [9.17, 15) is 22.2 Å². The summed E-state index contributed by atoms with van der Waals surface area (Å²) in [5, 5.41) is 3.30. The van der Waals surface area contributed by atoms with Crippen LogP contribution in [0, 0.1) is 0 Å². The van der Waals surface area contributed by atoms with Crippen LogP contribution in [0.2, 0.25) is 0 Å². The number of carbonyl (C=O) groups is 1. The molecule has 2 aromatic heterocycles. The number of fused-ring (bicyclic) bond motifs is 6. The highest BCUT2D eigenvalue weighted by Gasteiger charge is 2.35. The number of nitrogens with one attached hydrogen (secondary N) is 2. The average Bonchev–Trinajstić information content (AvgIpc) is 2.88. The summed E-state index contributed by atoms with van der Waals surface area (Å²) in [5.74, 6) is 0.471. The Kier molecular flexibility index (Phi) is 8.97. The van der Waals surface area contributed by atoms with Gasteiger partial charge in [-0.05, 0) is 69.9 Å². The molecule has 214 valence electrons. The van der Waals surface area contributed by atoms with Crippen LogP contribution in [0.5, 0.6) is 0 Å². The molecule has 0 aliphatic carbocycles. The third-order valence-corrected chi connectivity index (χ3v) is 7.05. The topological polar surface area (TPSA) is 96.5 Å². The first-order valence-electron chi connectivity index (χ1n) is 12.9. The number of hydrogen-bond donors (Lipinski definition) is 2. The highest BCUT2D eigenvalue weighted by atomic mass is 32.2. The Bertz CT molecular complexity index is 1380. The van der Waals surface area contributed by atoms with Crippen LogP contribution in [0.1, 0.15) is 44.7 Å². The highest BCUT2D eigenvalue weighted by Crippen LogP contribution is 2.38. The lowest BCUT2D eigenvalue weighted by atomic mass is 9.96. The zero-order valence-electron chi connectivity index (χ0n) is 22.5. The number of halogens is 3. The summed E-state index contributed by atoms with van der Waals surface area (Å²) in [5.41, 5.74) is -0.755. The van der Waals surface area contributed by atoms with Crippen molar-refractivity contribution in [2.45, 2.75) is 56.8 Å². The zero-order valence-corrected chi connectivity index (χ0v) is 23.4. The minimum atomic E-state index is -4.64. The number of aromatic nitrogens is 2. The fourth-order valence-corrected chi connectivity index (χ4v) is 5.03. The van der Waals surface area contributed by atoms with Crippen molar-refractivity contribution >= 4 is 28.7 Å². The second kappa shape index (κ2) is 12.2. The normalized spacial score (nSPS) is 16.9. The first-order chi connectivity index (χ1) is 18.9. The Labute approximate surface area is 233 Å². The van der Waals surface area contributed by atoms with E-state index in [0.717, 1.165) is 6.07 Å². The molecule has 8 nitrogen and oxygen atoms in total. The first kappa shape index (κ1) is 29.3. The SMILES string of the molecule is CC(C)(C)OC(=O)N1CCCCc2ccccc2-c2nc(ccc2C(F)(F)F)NS(=O)c2cccc(n2)NCC1. The van der Waals surface area contributed by atoms with Crippen molar-refractivity contribution in [1.29, 1.82) is 0 Å². The van der Waals surface area contributed by atoms with Gasteiger partial charge in [0.1, 0.15) is 17.2 Å². The predicted octanol–water partition coefficient (Wildman–Crippen LogP) is 6.28. The number of hydrogen-bond acceptors (Lipinski definition) is 6. The molecule has 1 aliphatic heterocycles. The fraction of sp³-hybridized carbons (Fsp3) is 0.393. The van der Waals surface area contributed by atoms with E-state index >= 15 is 0 Å². The maximum atomic E-state index is 14.0. The zero-order chi connectivity index (χ0) is 28.9. The Morgan fingerprint density at radius 3 is 2.48 bits per heavy atom. The number of amides is 1. The van der Waals surface area contributed by atoms with E-state index in [-0.39, 0.29) is 16.5 Å². The van der Waals surface area contributed by atoms with Crippen LogP contribution in [-0.4, -0.2) is 50.4 Å². The molecule has 2 N–H and O–H groups in total. The quantitative estimate of drug-likeness (QED) is 0.328. The molecule has 0 saturated heterocycles. The molecule has 3 aromatic rings. The molecule has 4 bridgehead atoms. The molecular weight excluding hydrogens is 543 g/mol. The van der Waals surface area contributed by atoms with Gasteiger partial charge in [0.2, 0.25) is 0 Å². The summed E-state index contributed by atoms with van der Waals surface area (Å²) in [6.07, 6.45) is -3.38. The summed E-state index contributed by atoms with van der Waals surface area (Å²) in [6, 6.07) is 13.8. The van der Waals surface area contributed by atoms with Crippen molar-refractivity contribution in [1.82, 2.24) is 14.9 Å². The Hall–Kier alpha value is -3.67. The second-order valence-corrected chi connectivity index (χ2v) is 11.5. The summed E-state index contributed by atoms with van der Waals surface area (Å²) < 4.78 is 63.4. The van der Waals surface area contributed by atoms with Crippen molar-refractivity contribution in [3.63, 3.8) is 0 Å². The largest absolute Gasteiger partial charge is 0.444 e. The van der Waals surface area contributed by atoms with E-state index in [4.69, 9.17) is 4.74 Å². The van der Waals surface area contributed by atoms with Gasteiger partial charge in [0.15, 0.2) is 16.0 Å². The molecule has 40 heavy (non-hydrogen) atoms. The van der Waals surface area contributed by atoms with Crippen molar-refractivity contribution in [2.75, 3.05) is 29.7 Å². The number of alkyl halides is 3. The van der Waals surface area contributed by atoms with E-state index in [1.807, 2.05) is 0 Å². The molecule has 0 fully saturated rings. The summed E-state index contributed by atoms with van der Waals surface area (Å²) in [4.78, 5) is 23.1. The van der Waals surface area contributed by atoms with Crippen molar-refractivity contribution in [3.05, 3.63) is 65.7 Å². The second-order valence-electron chi connectivity index (χ2n) is 10.3. The third-order valence-electron chi connectivity index (χ3n) is 6.05. The molecule has 0 radical (unpaired) electrons. The maximum absolute atomic E-state index is 14.0. The third kappa shape index (κ3) is 7.71. The molecule has 1 unspecified atom stereocenters. The van der Waals surface area contributed by atoms with Gasteiger partial charge in [-0.2, -0.15) is 13.2 Å². The molecule has 1 aliphatic rings. The fourth-order valence-electron chi connectivity index (χ4n) is 4.24. The smallest absolute Gasteiger partial charge is 0.418 e. The molecule has 4 rings (SSSR count). The molecule has 1 aromatic carbocycles. The number of carbonyl (C=O) groups excluding carboxylic acids is 1. The number of aryl methyl sites for hydroxylation is 1. The van der Waals surface area contributed by atoms with E-state index in [1.54, 1.807) is 68.1 Å². The van der Waals surface area contributed by atoms with Crippen molar-refractivity contribution in [3.8, 4) is 11.3 Å². The number of anilines is 2. The Balaban J connectivity index is 1.72. The number of rotatable bonds is 0. The summed E-state index contributed by atoms with van der Waals surface area (Å²) >= 11 is 0. The number of benzene rings is 1. The Morgan fingerprint density at radius 2 is 1.73 bits per heavy atom. The minimum Gasteiger partial charge on any atom is -0.444 e. The van der Waals surface area contributed by atoms with E-state index in [2.05, 4.69) is 20.0 Å². The number of nitrogens with zero attached hydrogens (tertiary/aromatic N) is 3. The predicted molar refractivity (Wildman–Crippen MR) is 148 cm³/mol. The Morgan fingerprint density at radius 1 is 0.950 bits per heavy atom. The summed E-state index contributed by atoms with van der Waals surface area (Å²) in [7, 11) is -1.90. The minimum absolute atomic E-state index is 0.0328. The van der Waals surface area contributed by atoms with Gasteiger partial charge in [-0.25, -0.2) is 19.0 Å². The summed E-state index contributed by atoms with van der Waals surface area (Å²) in [6.45, 7) is 6.50. The van der Waals surface area contributed by atoms with Crippen LogP contribution in [0.4, 0.5) is 29.6 Å². The van der Waals surface area contributed by atoms with Gasteiger partial charge in [0.05, 0.1) is 11.3 Å². The number of ether oxygens (including phenoxy) is 1. The molecule has 1 amide bonds. The van der Waals surface area contributed by atoms with Crippen LogP contribution >= 0.6 is 0 Å². The first-order valence-corrected chi connectivity index (χ1v) is 14.1. The highest BCUT2D eigenvalue weighted by molar-refractivity contribution is 7.86. The molecule has 1 atom stereocenters. The van der Waals surface area contributed by atoms with E-state index in [1.165, 1.54) is 6.07 Å². The molecule has 12 heteroatoms. The van der Waals surface area contributed by atoms with E-state index in [0.29, 0.717) is 55.8 Å². The van der Waals surface area contributed by atoms with Gasteiger partial charge in [0, 0.05) is 25.2 Å². The van der Waals surface area contributed by atoms with Gasteiger partial charge in [-0.1, -0.05) is 30.3 Å². The van der Waals surface area contributed by atoms with Gasteiger partial charge in [0.25, 0.3) is 0 Å². The number of pyridine rings is 2. The van der Waals surface area contributed by atoms with Crippen molar-refractivity contribution < 1.29 is 26.9 Å². The molecular formula is C28H32F3N5O3S. The lowest BCUT2D eigenvalue weighted by Gasteiger charge is -2.27. The van der Waals surface area contributed by atoms with Crippen LogP contribution in [-0.2, 0) is 28.3 Å². The van der Waals surface area contributed by atoms with Crippen LogP contribution in [0.3, 0.4) is 0 Å². The van der Waals surface area contributed by atoms with Gasteiger partial charge < -0.3 is 15.0 Å². The monoisotopic (exact) mass is 575 g/mol. The van der Waals surface area contributed by atoms with E-state index < -0.39 is 34.4 Å². The molecule has 0 saturated carbocycles. The standard InChI is InChI=1S/C28H32F3N5O3S/c1-27(2,3)39-26(37)36-17-7-6-10-19-9-4-5-11-20(19)25-21(28(29,30)31)14-15-23(34-25)35-40(38)24-13-8-12-22(33-24)32-16-18-36/h4-5,8-9,11-15H,6-7,10,16-18H2,1-3H3,(H,32,33)(H,34,35). The van der Waals surface area contributed by atoms with Crippen LogP contribution in [0.15, 0.2) is 59.6 Å². The van der Waals surface area contributed by atoms with Gasteiger partial charge in [-0.15, -0.1) is 0 Å². The molecule has 0 spiro atoms. The molecule has 3 heterocycles. The lowest BCUT2D eigenvalue weighted by Crippen LogP contribution is -2.40. The average molecular weight is 576 g/mol.